The molecule has 0 aliphatic carbocycles. The summed E-state index contributed by atoms with van der Waals surface area (Å²) in [4.78, 5) is 59.1. The fourth-order valence-electron chi connectivity index (χ4n) is 8.09. The number of anilines is 3. The SMILES string of the molecule is C[C@H]1[C@H]([Si](C)(C)O)[C@@H](CC(=O)N(CCO)Cc2ccccc2)O[C@]12C(=O)N(C)c1ccc(N3C(=O)c4ccccc4Oc4ccccc43)cc12. The molecule has 0 aromatic heterocycles. The van der Waals surface area contributed by atoms with Gasteiger partial charge in [-0.1, -0.05) is 61.5 Å². The first kappa shape index (κ1) is 33.7. The number of likely N-dealkylation sites (N-methyl/N-ethyl adjacent to an activating group) is 1. The molecule has 1 spiro atoms. The summed E-state index contributed by atoms with van der Waals surface area (Å²) >= 11 is 0. The second-order valence-corrected chi connectivity index (χ2v) is 17.8. The molecule has 4 aromatic rings. The standard InChI is InChI=1S/C39H41N3O7Si/c1-25-36(50(3,4)47)34(23-35(44)41(20-21-43)24-26-12-6-5-7-13-26)49-39(25)29-22-27(18-19-30(29)40(2)38(39)46)42-31-15-9-11-17-33(31)48-32-16-10-8-14-28(32)37(42)45/h5-19,22,25,34,36,43,47H,20-21,23-24H2,1-4H3/t25-,34+,36-,39+/m0/s1. The van der Waals surface area contributed by atoms with Gasteiger partial charge >= 0.3 is 0 Å². The van der Waals surface area contributed by atoms with Gasteiger partial charge in [-0.15, -0.1) is 0 Å². The number of hydrogen-bond acceptors (Lipinski definition) is 7. The number of ether oxygens (including phenoxy) is 2. The Morgan fingerprint density at radius 3 is 2.32 bits per heavy atom. The van der Waals surface area contributed by atoms with Crippen LogP contribution in [0.5, 0.6) is 11.5 Å². The number of benzene rings is 4. The molecule has 3 heterocycles. The molecule has 3 amide bonds. The van der Waals surface area contributed by atoms with Gasteiger partial charge in [0.05, 0.1) is 36.1 Å². The van der Waals surface area contributed by atoms with Gasteiger partial charge in [-0.3, -0.25) is 19.3 Å². The van der Waals surface area contributed by atoms with Gasteiger partial charge in [0.25, 0.3) is 11.8 Å². The summed E-state index contributed by atoms with van der Waals surface area (Å²) in [7, 11) is -1.36. The molecule has 0 radical (unpaired) electrons. The summed E-state index contributed by atoms with van der Waals surface area (Å²) in [6, 6.07) is 29.4. The number of aliphatic hydroxyl groups excluding tert-OH is 1. The van der Waals surface area contributed by atoms with Crippen molar-refractivity contribution in [3.8, 4) is 11.5 Å². The van der Waals surface area contributed by atoms with Crippen LogP contribution in [0.25, 0.3) is 0 Å². The van der Waals surface area contributed by atoms with Crippen LogP contribution in [0.1, 0.15) is 34.8 Å². The second kappa shape index (κ2) is 12.8. The maximum atomic E-state index is 14.5. The fraction of sp³-hybridized carbons (Fsp3) is 0.308. The lowest BCUT2D eigenvalue weighted by atomic mass is 9.82. The zero-order valence-corrected chi connectivity index (χ0v) is 29.6. The average molecular weight is 692 g/mol. The summed E-state index contributed by atoms with van der Waals surface area (Å²) in [5, 5.41) is 9.83. The quantitative estimate of drug-likeness (QED) is 0.219. The highest BCUT2D eigenvalue weighted by atomic mass is 28.4. The first-order valence-corrected chi connectivity index (χ1v) is 19.9. The molecular formula is C39H41N3O7Si. The lowest BCUT2D eigenvalue weighted by Gasteiger charge is -2.32. The number of para-hydroxylation sites is 3. The number of nitrogens with zero attached hydrogens (tertiary/aromatic N) is 3. The molecule has 0 unspecified atom stereocenters. The minimum atomic E-state index is -3.06. The van der Waals surface area contributed by atoms with Crippen LogP contribution in [0.4, 0.5) is 17.1 Å². The molecule has 1 saturated heterocycles. The van der Waals surface area contributed by atoms with Crippen molar-refractivity contribution in [1.82, 2.24) is 4.90 Å². The first-order valence-electron chi connectivity index (χ1n) is 16.9. The van der Waals surface area contributed by atoms with Crippen molar-refractivity contribution in [2.75, 3.05) is 30.0 Å². The van der Waals surface area contributed by atoms with Gasteiger partial charge < -0.3 is 29.2 Å². The topological polar surface area (TPSA) is 120 Å². The maximum Gasteiger partial charge on any atom is 0.266 e. The summed E-state index contributed by atoms with van der Waals surface area (Å²) in [5.74, 6) is -0.364. The molecule has 50 heavy (non-hydrogen) atoms. The van der Waals surface area contributed by atoms with E-state index in [0.717, 1.165) is 5.56 Å². The van der Waals surface area contributed by atoms with Gasteiger partial charge in [0.15, 0.2) is 19.7 Å². The van der Waals surface area contributed by atoms with Gasteiger partial charge in [-0.25, -0.2) is 0 Å². The Hall–Kier alpha value is -4.81. The molecule has 0 saturated carbocycles. The molecule has 3 aliphatic rings. The van der Waals surface area contributed by atoms with E-state index >= 15 is 0 Å². The van der Waals surface area contributed by atoms with Gasteiger partial charge in [0.1, 0.15) is 5.75 Å². The normalized spacial score (nSPS) is 22.6. The van der Waals surface area contributed by atoms with Gasteiger partial charge in [-0.2, -0.15) is 0 Å². The number of rotatable bonds is 8. The highest BCUT2D eigenvalue weighted by Crippen LogP contribution is 2.60. The summed E-state index contributed by atoms with van der Waals surface area (Å²) in [6.07, 6.45) is -0.840. The molecule has 4 aromatic carbocycles. The Labute approximate surface area is 292 Å². The van der Waals surface area contributed by atoms with Crippen LogP contribution in [0.2, 0.25) is 18.6 Å². The van der Waals surface area contributed by atoms with Crippen molar-refractivity contribution in [1.29, 1.82) is 0 Å². The summed E-state index contributed by atoms with van der Waals surface area (Å²) in [5.41, 5.74) is 1.61. The molecule has 4 atom stereocenters. The van der Waals surface area contributed by atoms with E-state index in [1.807, 2.05) is 98.9 Å². The number of carbonyl (C=O) groups excluding carboxylic acids is 3. The molecular weight excluding hydrogens is 651 g/mol. The van der Waals surface area contributed by atoms with Crippen molar-refractivity contribution in [3.63, 3.8) is 0 Å². The van der Waals surface area contributed by atoms with E-state index < -0.39 is 31.5 Å². The minimum absolute atomic E-state index is 0.0707. The van der Waals surface area contributed by atoms with Crippen LogP contribution in [0.3, 0.4) is 0 Å². The third-order valence-electron chi connectivity index (χ3n) is 10.3. The van der Waals surface area contributed by atoms with E-state index in [2.05, 4.69) is 0 Å². The lowest BCUT2D eigenvalue weighted by Crippen LogP contribution is -2.45. The van der Waals surface area contributed by atoms with E-state index in [1.54, 1.807) is 39.9 Å². The number of aliphatic hydroxyl groups is 1. The Kier molecular flexibility index (Phi) is 8.63. The third kappa shape index (κ3) is 5.50. The molecule has 258 valence electrons. The minimum Gasteiger partial charge on any atom is -0.454 e. The smallest absolute Gasteiger partial charge is 0.266 e. The molecule has 0 bridgehead atoms. The monoisotopic (exact) mass is 691 g/mol. The number of carbonyl (C=O) groups is 3. The molecule has 7 rings (SSSR count). The van der Waals surface area contributed by atoms with Crippen molar-refractivity contribution < 1.29 is 33.8 Å². The Bertz CT molecular complexity index is 1960. The average Bonchev–Trinajstić information content (AvgIpc) is 3.45. The first-order chi connectivity index (χ1) is 24.0. The molecule has 3 aliphatic heterocycles. The van der Waals surface area contributed by atoms with Gasteiger partial charge in [0.2, 0.25) is 5.91 Å². The highest BCUT2D eigenvalue weighted by molar-refractivity contribution is 6.71. The number of fused-ring (bicyclic) bond motifs is 4. The van der Waals surface area contributed by atoms with Crippen LogP contribution < -0.4 is 14.5 Å². The second-order valence-electron chi connectivity index (χ2n) is 13.9. The molecule has 2 N–H and O–H groups in total. The zero-order chi connectivity index (χ0) is 35.4. The number of amides is 3. The van der Waals surface area contributed by atoms with Crippen LogP contribution in [-0.2, 0) is 26.5 Å². The Balaban J connectivity index is 1.30. The number of hydrogen-bond donors (Lipinski definition) is 2. The highest BCUT2D eigenvalue weighted by Gasteiger charge is 2.66. The van der Waals surface area contributed by atoms with E-state index in [0.29, 0.717) is 46.2 Å². The zero-order valence-electron chi connectivity index (χ0n) is 28.6. The largest absolute Gasteiger partial charge is 0.454 e. The summed E-state index contributed by atoms with van der Waals surface area (Å²) < 4.78 is 13.1. The van der Waals surface area contributed by atoms with E-state index in [4.69, 9.17) is 9.47 Å². The fourth-order valence-corrected chi connectivity index (χ4v) is 10.6. The van der Waals surface area contributed by atoms with Crippen molar-refractivity contribution in [3.05, 3.63) is 114 Å². The van der Waals surface area contributed by atoms with E-state index in [1.165, 1.54) is 0 Å². The predicted octanol–water partition coefficient (Wildman–Crippen LogP) is 5.96. The van der Waals surface area contributed by atoms with E-state index in [9.17, 15) is 24.3 Å². The molecule has 1 fully saturated rings. The Morgan fingerprint density at radius 2 is 1.60 bits per heavy atom. The molecule has 11 heteroatoms. The van der Waals surface area contributed by atoms with Gasteiger partial charge in [0, 0.05) is 42.8 Å². The van der Waals surface area contributed by atoms with Crippen LogP contribution in [0, 0.1) is 5.92 Å². The Morgan fingerprint density at radius 1 is 0.920 bits per heavy atom. The predicted molar refractivity (Wildman–Crippen MR) is 192 cm³/mol. The van der Waals surface area contributed by atoms with Crippen LogP contribution in [0.15, 0.2) is 97.1 Å². The van der Waals surface area contributed by atoms with E-state index in [-0.39, 0.29) is 37.3 Å². The summed E-state index contributed by atoms with van der Waals surface area (Å²) in [6.45, 7) is 5.78. The van der Waals surface area contributed by atoms with Crippen molar-refractivity contribution in [2.45, 2.75) is 50.2 Å². The third-order valence-corrected chi connectivity index (χ3v) is 12.8. The molecule has 10 nitrogen and oxygen atoms in total. The van der Waals surface area contributed by atoms with Crippen LogP contribution >= 0.6 is 0 Å². The van der Waals surface area contributed by atoms with Crippen molar-refractivity contribution >= 4 is 43.1 Å². The lowest BCUT2D eigenvalue weighted by molar-refractivity contribution is -0.149. The van der Waals surface area contributed by atoms with Crippen molar-refractivity contribution in [2.24, 2.45) is 5.92 Å². The van der Waals surface area contributed by atoms with Gasteiger partial charge in [-0.05, 0) is 61.1 Å². The van der Waals surface area contributed by atoms with Crippen LogP contribution in [-0.4, -0.2) is 67.1 Å². The maximum absolute atomic E-state index is 14.5.